The lowest BCUT2D eigenvalue weighted by Gasteiger charge is -2.57. The average molecular weight is 1050 g/mol. The molecule has 0 bridgehead atoms. The summed E-state index contributed by atoms with van der Waals surface area (Å²) in [7, 11) is -4.80. The van der Waals surface area contributed by atoms with Gasteiger partial charge in [-0.2, -0.15) is 4.98 Å². The number of hydrogen-bond acceptors (Lipinski definition) is 16. The fraction of sp³-hybridized carbons (Fsp3) is 0.527. The van der Waals surface area contributed by atoms with Crippen LogP contribution in [-0.4, -0.2) is 146 Å². The van der Waals surface area contributed by atoms with Gasteiger partial charge in [-0.1, -0.05) is 38.1 Å². The Hall–Kier alpha value is -6.03. The first kappa shape index (κ1) is 49.8. The minimum absolute atomic E-state index is 0.0321. The Labute approximate surface area is 436 Å². The number of morpholine rings is 1. The zero-order chi connectivity index (χ0) is 52.0. The van der Waals surface area contributed by atoms with Gasteiger partial charge in [-0.3, -0.25) is 19.8 Å². The molecule has 1 amide bonds. The van der Waals surface area contributed by atoms with Crippen LogP contribution in [0.3, 0.4) is 0 Å². The molecule has 5 N–H and O–H groups in total. The Kier molecular flexibility index (Phi) is 12.8. The number of likely N-dealkylation sites (tertiary alicyclic amines) is 1. The fourth-order valence-electron chi connectivity index (χ4n) is 13.2. The molecule has 1 aliphatic carbocycles. The summed E-state index contributed by atoms with van der Waals surface area (Å²) < 4.78 is 57.3. The molecular formula is C55H67N9O10S. The number of fused-ring (bicyclic) bond motifs is 4. The van der Waals surface area contributed by atoms with Crippen molar-refractivity contribution in [3.8, 4) is 11.6 Å². The van der Waals surface area contributed by atoms with E-state index in [9.17, 15) is 20.0 Å². The third kappa shape index (κ3) is 9.03. The summed E-state index contributed by atoms with van der Waals surface area (Å²) in [6, 6.07) is 17.9. The van der Waals surface area contributed by atoms with Crippen LogP contribution in [0.5, 0.6) is 11.6 Å². The van der Waals surface area contributed by atoms with Crippen LogP contribution in [0.1, 0.15) is 99.2 Å². The first-order valence-corrected chi connectivity index (χ1v) is 28.1. The predicted molar refractivity (Wildman–Crippen MR) is 282 cm³/mol. The van der Waals surface area contributed by atoms with Gasteiger partial charge >= 0.3 is 0 Å². The molecule has 20 heteroatoms. The number of carbonyl (C=O) groups excluding carboxylic acids is 1. The molecule has 7 aliphatic rings. The standard InChI is InChI=1S/C55H67N9O10S/c1-33(2)38-6-4-5-7-39(38)45-31-72-23-21-62(45)36-27-55(28-36)14-19-61(20-15-55)42-9-8-40(51(56)65)49(63-41-11-22-71-32-47(41)74-53-44(63)24-34-10-16-57-52(34)59-53)50(42)75(69,70)37-25-43(64(67)68)48-46(26-37)73-30-35(58-48)29-60-17-12-54(3,66)13-18-60/h4-10,16,24-26,33,35-36,41,45,47,58,66H,11-15,17-23,27-32H2,1-3H3,(H2,56,65)(H,57,59)/t35-,41+,45+,47+/m1/s1. The second-order valence-corrected chi connectivity index (χ2v) is 24.4. The van der Waals surface area contributed by atoms with Gasteiger partial charge in [0.25, 0.3) is 11.6 Å². The fourth-order valence-corrected chi connectivity index (χ4v) is 14.9. The number of amides is 1. The zero-order valence-corrected chi connectivity index (χ0v) is 43.6. The van der Waals surface area contributed by atoms with Crippen molar-refractivity contribution in [2.24, 2.45) is 11.1 Å². The van der Waals surface area contributed by atoms with E-state index in [1.807, 2.05) is 24.0 Å². The van der Waals surface area contributed by atoms with Crippen LogP contribution in [-0.2, 0) is 19.3 Å². The number of ether oxygens (including phenoxy) is 4. The molecule has 4 saturated heterocycles. The lowest BCUT2D eigenvalue weighted by Crippen LogP contribution is -2.58. The van der Waals surface area contributed by atoms with Crippen molar-refractivity contribution in [1.29, 1.82) is 0 Å². The van der Waals surface area contributed by atoms with Crippen molar-refractivity contribution in [3.63, 3.8) is 0 Å². The number of nitrogens with zero attached hydrogens (tertiary/aromatic N) is 6. The monoisotopic (exact) mass is 1050 g/mol. The van der Waals surface area contributed by atoms with E-state index in [-0.39, 0.29) is 69.1 Å². The molecule has 0 unspecified atom stereocenters. The smallest absolute Gasteiger partial charge is 0.297 e. The van der Waals surface area contributed by atoms with Crippen LogP contribution >= 0.6 is 0 Å². The number of aromatic amines is 1. The van der Waals surface area contributed by atoms with Gasteiger partial charge in [0.05, 0.1) is 70.3 Å². The van der Waals surface area contributed by atoms with E-state index in [0.29, 0.717) is 101 Å². The van der Waals surface area contributed by atoms with Crippen molar-refractivity contribution < 1.29 is 42.2 Å². The maximum Gasteiger partial charge on any atom is 0.297 e. The van der Waals surface area contributed by atoms with Gasteiger partial charge < -0.3 is 54.8 Å². The minimum atomic E-state index is -4.80. The van der Waals surface area contributed by atoms with Crippen LogP contribution in [0.4, 0.5) is 28.4 Å². The van der Waals surface area contributed by atoms with E-state index in [0.717, 1.165) is 43.7 Å². The minimum Gasteiger partial charge on any atom is -0.489 e. The first-order chi connectivity index (χ1) is 36.1. The Morgan fingerprint density at radius 1 is 0.960 bits per heavy atom. The molecule has 3 aromatic carbocycles. The maximum absolute atomic E-state index is 16.2. The highest BCUT2D eigenvalue weighted by atomic mass is 32.2. The number of nitro groups is 1. The molecule has 2 aromatic heterocycles. The zero-order valence-electron chi connectivity index (χ0n) is 42.8. The number of carbonyl (C=O) groups is 1. The van der Waals surface area contributed by atoms with Crippen LogP contribution in [0.25, 0.3) is 11.0 Å². The molecule has 398 valence electrons. The van der Waals surface area contributed by atoms with E-state index < -0.39 is 44.1 Å². The van der Waals surface area contributed by atoms with Crippen LogP contribution in [0, 0.1) is 15.5 Å². The molecule has 6 aliphatic heterocycles. The summed E-state index contributed by atoms with van der Waals surface area (Å²) in [5.74, 6) is -0.204. The molecule has 1 spiro atoms. The van der Waals surface area contributed by atoms with Crippen LogP contribution < -0.4 is 30.3 Å². The number of pyridine rings is 1. The lowest BCUT2D eigenvalue weighted by molar-refractivity contribution is -0.384. The number of aromatic nitrogens is 2. The summed E-state index contributed by atoms with van der Waals surface area (Å²) >= 11 is 0. The van der Waals surface area contributed by atoms with Crippen molar-refractivity contribution >= 4 is 55.2 Å². The van der Waals surface area contributed by atoms with Crippen molar-refractivity contribution in [1.82, 2.24) is 19.8 Å². The SMILES string of the molecule is CC(C)c1ccccc1[C@@H]1COCCN1C1CC2(CCN(c3ccc(C(N)=O)c(N4c5cc6cc[nH]c6nc5O[C@H]5COCC[C@@H]54)c3S(=O)(=O)c3cc4c(c([N+](=O)[O-])c3)N[C@H](CN3CCC(C)(O)CC3)CO4)CC2)C1. The van der Waals surface area contributed by atoms with E-state index >= 15 is 8.42 Å². The predicted octanol–water partition coefficient (Wildman–Crippen LogP) is 7.06. The number of primary amides is 1. The van der Waals surface area contributed by atoms with Gasteiger partial charge in [0.1, 0.15) is 28.9 Å². The molecule has 12 rings (SSSR count). The molecule has 5 fully saturated rings. The normalized spacial score (nSPS) is 24.9. The van der Waals surface area contributed by atoms with Gasteiger partial charge in [0, 0.05) is 75.6 Å². The molecule has 1 saturated carbocycles. The summed E-state index contributed by atoms with van der Waals surface area (Å²) in [6.45, 7) is 12.0. The highest BCUT2D eigenvalue weighted by Gasteiger charge is 2.51. The van der Waals surface area contributed by atoms with Crippen LogP contribution in [0.2, 0.25) is 0 Å². The Balaban J connectivity index is 0.928. The highest BCUT2D eigenvalue weighted by molar-refractivity contribution is 7.91. The summed E-state index contributed by atoms with van der Waals surface area (Å²) in [4.78, 5) is 42.7. The van der Waals surface area contributed by atoms with Gasteiger partial charge in [-0.15, -0.1) is 0 Å². The number of nitrogens with two attached hydrogens (primary N) is 1. The number of rotatable bonds is 11. The van der Waals surface area contributed by atoms with Crippen molar-refractivity contribution in [3.05, 3.63) is 93.7 Å². The number of aliphatic hydroxyl groups is 1. The lowest BCUT2D eigenvalue weighted by atomic mass is 9.59. The Morgan fingerprint density at radius 2 is 1.73 bits per heavy atom. The average Bonchev–Trinajstić information content (AvgIpc) is 3.86. The number of nitro benzene ring substituents is 1. The second kappa shape index (κ2) is 19.2. The number of piperidine rings is 2. The Morgan fingerprint density at radius 3 is 2.49 bits per heavy atom. The molecule has 4 atom stereocenters. The quantitative estimate of drug-likeness (QED) is 0.0767. The number of H-pyrrole nitrogens is 1. The van der Waals surface area contributed by atoms with E-state index in [1.54, 1.807) is 18.3 Å². The maximum atomic E-state index is 16.2. The third-order valence-corrected chi connectivity index (χ3v) is 19.2. The second-order valence-electron chi connectivity index (χ2n) is 22.5. The molecular weight excluding hydrogens is 979 g/mol. The van der Waals surface area contributed by atoms with E-state index in [4.69, 9.17) is 29.7 Å². The van der Waals surface area contributed by atoms with E-state index in [1.165, 1.54) is 17.2 Å². The van der Waals surface area contributed by atoms with Gasteiger partial charge in [0.2, 0.25) is 15.7 Å². The number of anilines is 4. The number of sulfone groups is 1. The highest BCUT2D eigenvalue weighted by Crippen LogP contribution is 2.56. The molecule has 8 heterocycles. The van der Waals surface area contributed by atoms with Gasteiger partial charge in [-0.25, -0.2) is 8.42 Å². The number of nitrogens with one attached hydrogen (secondary N) is 2. The van der Waals surface area contributed by atoms with Crippen molar-refractivity contribution in [2.75, 3.05) is 87.4 Å². The molecule has 75 heavy (non-hydrogen) atoms. The largest absolute Gasteiger partial charge is 0.489 e. The number of benzene rings is 3. The molecule has 19 nitrogen and oxygen atoms in total. The summed E-state index contributed by atoms with van der Waals surface area (Å²) in [5, 5.41) is 27.7. The molecule has 5 aromatic rings. The summed E-state index contributed by atoms with van der Waals surface area (Å²) in [5.41, 5.74) is 9.34. The van der Waals surface area contributed by atoms with Crippen molar-refractivity contribution in [2.45, 2.75) is 117 Å². The van der Waals surface area contributed by atoms with Crippen LogP contribution in [0.15, 0.2) is 76.7 Å². The summed E-state index contributed by atoms with van der Waals surface area (Å²) in [6.07, 6.45) is 6.42. The molecule has 0 radical (unpaired) electrons. The Bertz CT molecular complexity index is 3140. The first-order valence-electron chi connectivity index (χ1n) is 26.6. The van der Waals surface area contributed by atoms with Gasteiger partial charge in [-0.05, 0) is 98.6 Å². The van der Waals surface area contributed by atoms with E-state index in [2.05, 4.69) is 63.1 Å². The number of hydrogen-bond donors (Lipinski definition) is 4. The van der Waals surface area contributed by atoms with Gasteiger partial charge in [0.15, 0.2) is 11.4 Å². The third-order valence-electron chi connectivity index (χ3n) is 17.4. The topological polar surface area (TPSA) is 231 Å².